The molecular formula is C19H28N2O5S. The normalized spacial score (nSPS) is 21.4. The van der Waals surface area contributed by atoms with Crippen molar-refractivity contribution in [1.29, 1.82) is 0 Å². The first-order chi connectivity index (χ1) is 12.7. The second-order valence-corrected chi connectivity index (χ2v) is 9.05. The first-order valence-electron chi connectivity index (χ1n) is 9.31. The molecule has 0 radical (unpaired) electrons. The molecule has 27 heavy (non-hydrogen) atoms. The van der Waals surface area contributed by atoms with E-state index in [1.54, 1.807) is 24.3 Å². The summed E-state index contributed by atoms with van der Waals surface area (Å²) < 4.78 is 27.2. The summed E-state index contributed by atoms with van der Waals surface area (Å²) in [5.74, 6) is -1.65. The molecular weight excluding hydrogens is 368 g/mol. The van der Waals surface area contributed by atoms with E-state index in [1.165, 1.54) is 0 Å². The van der Waals surface area contributed by atoms with Crippen LogP contribution in [0.3, 0.4) is 0 Å². The fraction of sp³-hybridized carbons (Fsp3) is 0.579. The molecule has 0 spiro atoms. The SMILES string of the molecule is CC1CCC(NS(=O)(=O)CC(=O)NC(CCC(=O)O)c2ccccc2)CC1. The molecule has 2 rings (SSSR count). The molecule has 7 nitrogen and oxygen atoms in total. The summed E-state index contributed by atoms with van der Waals surface area (Å²) in [7, 11) is -3.74. The number of rotatable bonds is 9. The first kappa shape index (κ1) is 21.4. The molecule has 0 aromatic heterocycles. The lowest BCUT2D eigenvalue weighted by Crippen LogP contribution is -2.43. The number of carboxylic acids is 1. The minimum absolute atomic E-state index is 0.115. The predicted octanol–water partition coefficient (Wildman–Crippen LogP) is 2.21. The number of hydrogen-bond acceptors (Lipinski definition) is 4. The fourth-order valence-electron chi connectivity index (χ4n) is 3.36. The Balaban J connectivity index is 1.94. The van der Waals surface area contributed by atoms with Gasteiger partial charge >= 0.3 is 5.97 Å². The van der Waals surface area contributed by atoms with Gasteiger partial charge in [-0.25, -0.2) is 13.1 Å². The number of amides is 1. The van der Waals surface area contributed by atoms with Gasteiger partial charge in [0.15, 0.2) is 0 Å². The summed E-state index contributed by atoms with van der Waals surface area (Å²) in [5.41, 5.74) is 0.749. The zero-order valence-electron chi connectivity index (χ0n) is 15.6. The third kappa shape index (κ3) is 7.68. The minimum atomic E-state index is -3.74. The van der Waals surface area contributed by atoms with Gasteiger partial charge in [-0.3, -0.25) is 9.59 Å². The molecule has 1 atom stereocenters. The Morgan fingerprint density at radius 2 is 1.78 bits per heavy atom. The standard InChI is InChI=1S/C19H28N2O5S/c1-14-7-9-16(10-8-14)21-27(25,26)13-18(22)20-17(11-12-19(23)24)15-5-3-2-4-6-15/h2-6,14,16-17,21H,7-13H2,1H3,(H,20,22)(H,23,24). The van der Waals surface area contributed by atoms with Gasteiger partial charge in [0.25, 0.3) is 0 Å². The average molecular weight is 397 g/mol. The largest absolute Gasteiger partial charge is 0.481 e. The van der Waals surface area contributed by atoms with E-state index < -0.39 is 33.7 Å². The van der Waals surface area contributed by atoms with Crippen LogP contribution in [0.1, 0.15) is 57.1 Å². The molecule has 1 saturated carbocycles. The van der Waals surface area contributed by atoms with Gasteiger partial charge in [-0.15, -0.1) is 0 Å². The lowest BCUT2D eigenvalue weighted by molar-refractivity contribution is -0.137. The van der Waals surface area contributed by atoms with E-state index in [0.29, 0.717) is 5.92 Å². The molecule has 1 amide bonds. The van der Waals surface area contributed by atoms with E-state index in [1.807, 2.05) is 6.07 Å². The number of aliphatic carboxylic acids is 1. The summed E-state index contributed by atoms with van der Waals surface area (Å²) in [6.45, 7) is 2.15. The van der Waals surface area contributed by atoms with Crippen LogP contribution in [0.4, 0.5) is 0 Å². The highest BCUT2D eigenvalue weighted by molar-refractivity contribution is 7.90. The van der Waals surface area contributed by atoms with Crippen molar-refractivity contribution in [2.24, 2.45) is 5.92 Å². The molecule has 3 N–H and O–H groups in total. The number of benzene rings is 1. The predicted molar refractivity (Wildman–Crippen MR) is 103 cm³/mol. The van der Waals surface area contributed by atoms with Gasteiger partial charge in [-0.05, 0) is 43.6 Å². The number of carbonyl (C=O) groups is 2. The zero-order valence-corrected chi connectivity index (χ0v) is 16.4. The molecule has 1 aromatic rings. The van der Waals surface area contributed by atoms with Crippen LogP contribution >= 0.6 is 0 Å². The van der Waals surface area contributed by atoms with E-state index in [9.17, 15) is 18.0 Å². The number of carbonyl (C=O) groups excluding carboxylic acids is 1. The van der Waals surface area contributed by atoms with Gasteiger partial charge in [-0.2, -0.15) is 0 Å². The van der Waals surface area contributed by atoms with Crippen molar-refractivity contribution in [2.75, 3.05) is 5.75 Å². The summed E-state index contributed by atoms with van der Waals surface area (Å²) in [5, 5.41) is 11.6. The molecule has 1 unspecified atom stereocenters. The number of hydrogen-bond donors (Lipinski definition) is 3. The van der Waals surface area contributed by atoms with Crippen molar-refractivity contribution in [3.8, 4) is 0 Å². The topological polar surface area (TPSA) is 113 Å². The van der Waals surface area contributed by atoms with E-state index in [-0.39, 0.29) is 18.9 Å². The molecule has 1 aliphatic carbocycles. The zero-order chi connectivity index (χ0) is 19.9. The molecule has 0 bridgehead atoms. The smallest absolute Gasteiger partial charge is 0.303 e. The van der Waals surface area contributed by atoms with Gasteiger partial charge in [0.2, 0.25) is 15.9 Å². The van der Waals surface area contributed by atoms with Crippen LogP contribution in [0.5, 0.6) is 0 Å². The van der Waals surface area contributed by atoms with Gasteiger partial charge < -0.3 is 10.4 Å². The lowest BCUT2D eigenvalue weighted by atomic mass is 9.88. The monoisotopic (exact) mass is 396 g/mol. The Morgan fingerprint density at radius 1 is 1.15 bits per heavy atom. The Morgan fingerprint density at radius 3 is 2.37 bits per heavy atom. The quantitative estimate of drug-likeness (QED) is 0.592. The van der Waals surface area contributed by atoms with Gasteiger partial charge in [0.1, 0.15) is 5.75 Å². The third-order valence-corrected chi connectivity index (χ3v) is 6.20. The molecule has 1 aliphatic rings. The van der Waals surface area contributed by atoms with Crippen molar-refractivity contribution < 1.29 is 23.1 Å². The second-order valence-electron chi connectivity index (χ2n) is 7.30. The maximum Gasteiger partial charge on any atom is 0.303 e. The van der Waals surface area contributed by atoms with Gasteiger partial charge in [0.05, 0.1) is 6.04 Å². The van der Waals surface area contributed by atoms with Crippen molar-refractivity contribution in [3.63, 3.8) is 0 Å². The molecule has 0 saturated heterocycles. The number of sulfonamides is 1. The Bertz CT molecular complexity index is 728. The molecule has 1 fully saturated rings. The molecule has 1 aromatic carbocycles. The van der Waals surface area contributed by atoms with Crippen LogP contribution in [0.2, 0.25) is 0 Å². The first-order valence-corrected chi connectivity index (χ1v) is 11.0. The average Bonchev–Trinajstić information content (AvgIpc) is 2.60. The van der Waals surface area contributed by atoms with Crippen molar-refractivity contribution in [2.45, 2.75) is 57.5 Å². The number of carboxylic acid groups (broad SMARTS) is 1. The molecule has 0 aliphatic heterocycles. The molecule has 0 heterocycles. The van der Waals surface area contributed by atoms with Crippen molar-refractivity contribution in [1.82, 2.24) is 10.0 Å². The highest BCUT2D eigenvalue weighted by Gasteiger charge is 2.26. The van der Waals surface area contributed by atoms with Crippen molar-refractivity contribution in [3.05, 3.63) is 35.9 Å². The second kappa shape index (κ2) is 9.85. The van der Waals surface area contributed by atoms with Crippen LogP contribution in [-0.4, -0.2) is 37.2 Å². The van der Waals surface area contributed by atoms with Crippen molar-refractivity contribution >= 4 is 21.9 Å². The summed E-state index contributed by atoms with van der Waals surface area (Å²) in [4.78, 5) is 23.2. The Kier molecular flexibility index (Phi) is 7.79. The molecule has 8 heteroatoms. The van der Waals surface area contributed by atoms with Crippen LogP contribution in [0.25, 0.3) is 0 Å². The van der Waals surface area contributed by atoms with E-state index in [0.717, 1.165) is 31.2 Å². The third-order valence-electron chi connectivity index (χ3n) is 4.87. The van der Waals surface area contributed by atoms with Gasteiger partial charge in [0, 0.05) is 12.5 Å². The maximum atomic E-state index is 12.3. The summed E-state index contributed by atoms with van der Waals surface area (Å²) in [6.07, 6.45) is 3.60. The Labute approximate surface area is 160 Å². The highest BCUT2D eigenvalue weighted by Crippen LogP contribution is 2.24. The van der Waals surface area contributed by atoms with E-state index in [2.05, 4.69) is 17.0 Å². The van der Waals surface area contributed by atoms with Crippen LogP contribution in [-0.2, 0) is 19.6 Å². The van der Waals surface area contributed by atoms with Crippen LogP contribution in [0, 0.1) is 5.92 Å². The number of nitrogens with one attached hydrogen (secondary N) is 2. The summed E-state index contributed by atoms with van der Waals surface area (Å²) >= 11 is 0. The lowest BCUT2D eigenvalue weighted by Gasteiger charge is -2.26. The van der Waals surface area contributed by atoms with E-state index >= 15 is 0 Å². The minimum Gasteiger partial charge on any atom is -0.481 e. The Hall–Kier alpha value is -1.93. The maximum absolute atomic E-state index is 12.3. The molecule has 150 valence electrons. The summed E-state index contributed by atoms with van der Waals surface area (Å²) in [6, 6.07) is 8.30. The van der Waals surface area contributed by atoms with Crippen LogP contribution < -0.4 is 10.0 Å². The fourth-order valence-corrected chi connectivity index (χ4v) is 4.61. The van der Waals surface area contributed by atoms with Gasteiger partial charge in [-0.1, -0.05) is 37.3 Å². The highest BCUT2D eigenvalue weighted by atomic mass is 32.2. The van der Waals surface area contributed by atoms with Crippen LogP contribution in [0.15, 0.2) is 30.3 Å². The van der Waals surface area contributed by atoms with E-state index in [4.69, 9.17) is 5.11 Å².